The monoisotopic (exact) mass is 357 g/mol. The molecule has 1 atom stereocenters. The second-order valence-corrected chi connectivity index (χ2v) is 6.58. The summed E-state index contributed by atoms with van der Waals surface area (Å²) in [6.07, 6.45) is 3.26. The van der Waals surface area contributed by atoms with Crippen molar-refractivity contribution in [1.29, 1.82) is 5.26 Å². The molecule has 3 rings (SSSR count). The summed E-state index contributed by atoms with van der Waals surface area (Å²) in [5.74, 6) is -0.703. The second-order valence-electron chi connectivity index (χ2n) is 4.76. The fourth-order valence-corrected chi connectivity index (χ4v) is 3.39. The Morgan fingerprint density at radius 3 is 3.04 bits per heavy atom. The van der Waals surface area contributed by atoms with E-state index in [-0.39, 0.29) is 16.8 Å². The number of thiazole rings is 1. The lowest BCUT2D eigenvalue weighted by Gasteiger charge is -2.02. The number of carbonyl (C=O) groups is 1. The van der Waals surface area contributed by atoms with Crippen LogP contribution in [-0.4, -0.2) is 31.7 Å². The minimum Gasteiger partial charge on any atom is -0.411 e. The van der Waals surface area contributed by atoms with Crippen LogP contribution in [-0.2, 0) is 4.79 Å². The zero-order valence-corrected chi connectivity index (χ0v) is 14.2. The lowest BCUT2D eigenvalue weighted by Crippen LogP contribution is -2.13. The maximum Gasteiger partial charge on any atom is 0.277 e. The standard InChI is InChI=1S/C15H11N5O2S2/c1-9-7-23-14(18-9)11(5-16)12(21)8-24-15-20-19-13(22-15)10-3-2-4-17-6-10/h2-4,6-7,11H,8H2,1H3. The summed E-state index contributed by atoms with van der Waals surface area (Å²) < 4.78 is 5.50. The molecule has 3 heterocycles. The highest BCUT2D eigenvalue weighted by Gasteiger charge is 2.24. The minimum absolute atomic E-state index is 0.0610. The molecule has 0 aliphatic rings. The van der Waals surface area contributed by atoms with Gasteiger partial charge in [0.15, 0.2) is 11.7 Å². The van der Waals surface area contributed by atoms with Crippen LogP contribution in [0, 0.1) is 18.3 Å². The number of nitriles is 1. The molecule has 0 fully saturated rings. The quantitative estimate of drug-likeness (QED) is 0.620. The molecule has 24 heavy (non-hydrogen) atoms. The molecule has 0 aromatic carbocycles. The molecule has 0 aliphatic heterocycles. The Morgan fingerprint density at radius 2 is 2.38 bits per heavy atom. The molecule has 0 spiro atoms. The molecule has 120 valence electrons. The summed E-state index contributed by atoms with van der Waals surface area (Å²) in [7, 11) is 0. The highest BCUT2D eigenvalue weighted by atomic mass is 32.2. The van der Waals surface area contributed by atoms with Gasteiger partial charge in [-0.2, -0.15) is 5.26 Å². The van der Waals surface area contributed by atoms with Crippen LogP contribution in [0.1, 0.15) is 16.6 Å². The van der Waals surface area contributed by atoms with Gasteiger partial charge in [-0.3, -0.25) is 9.78 Å². The average molecular weight is 357 g/mol. The number of ketones is 1. The van der Waals surface area contributed by atoms with Crippen molar-refractivity contribution in [2.45, 2.75) is 18.1 Å². The predicted octanol–water partition coefficient (Wildman–Crippen LogP) is 2.87. The largest absolute Gasteiger partial charge is 0.411 e. The Hall–Kier alpha value is -2.57. The Balaban J connectivity index is 1.64. The van der Waals surface area contributed by atoms with E-state index in [4.69, 9.17) is 4.42 Å². The Bertz CT molecular complexity index is 885. The van der Waals surface area contributed by atoms with Gasteiger partial charge in [0.05, 0.1) is 17.4 Å². The molecule has 3 aromatic rings. The van der Waals surface area contributed by atoms with Crippen LogP contribution in [0.2, 0.25) is 0 Å². The molecule has 0 bridgehead atoms. The number of aryl methyl sites for hydroxylation is 1. The summed E-state index contributed by atoms with van der Waals surface area (Å²) >= 11 is 2.42. The molecular weight excluding hydrogens is 346 g/mol. The van der Waals surface area contributed by atoms with E-state index in [0.29, 0.717) is 16.5 Å². The Labute approximate surface area is 145 Å². The molecule has 0 aliphatic carbocycles. The van der Waals surface area contributed by atoms with Crippen LogP contribution >= 0.6 is 23.1 Å². The van der Waals surface area contributed by atoms with Crippen LogP contribution in [0.4, 0.5) is 0 Å². The van der Waals surface area contributed by atoms with Crippen molar-refractivity contribution in [3.05, 3.63) is 40.6 Å². The van der Waals surface area contributed by atoms with Crippen molar-refractivity contribution in [3.8, 4) is 17.5 Å². The number of Topliss-reactive ketones (excluding diaryl/α,β-unsaturated/α-hetero) is 1. The van der Waals surface area contributed by atoms with E-state index in [9.17, 15) is 10.1 Å². The third-order valence-corrected chi connectivity index (χ3v) is 4.86. The maximum absolute atomic E-state index is 12.3. The summed E-state index contributed by atoms with van der Waals surface area (Å²) in [6, 6.07) is 5.58. The van der Waals surface area contributed by atoms with Gasteiger partial charge in [0, 0.05) is 23.5 Å². The van der Waals surface area contributed by atoms with Gasteiger partial charge in [-0.05, 0) is 19.1 Å². The van der Waals surface area contributed by atoms with Gasteiger partial charge in [0.1, 0.15) is 5.01 Å². The Kier molecular flexibility index (Phi) is 4.98. The molecule has 7 nitrogen and oxygen atoms in total. The van der Waals surface area contributed by atoms with Crippen molar-refractivity contribution in [2.75, 3.05) is 5.75 Å². The van der Waals surface area contributed by atoms with Crippen LogP contribution < -0.4 is 0 Å². The molecule has 0 amide bonds. The summed E-state index contributed by atoms with van der Waals surface area (Å²) in [5.41, 5.74) is 1.50. The molecule has 0 saturated heterocycles. The van der Waals surface area contributed by atoms with Crippen LogP contribution in [0.5, 0.6) is 0 Å². The van der Waals surface area contributed by atoms with E-state index in [1.807, 2.05) is 18.4 Å². The predicted molar refractivity (Wildman–Crippen MR) is 88.5 cm³/mol. The zero-order valence-electron chi connectivity index (χ0n) is 12.5. The number of hydrogen-bond acceptors (Lipinski definition) is 9. The third kappa shape index (κ3) is 3.67. The lowest BCUT2D eigenvalue weighted by atomic mass is 10.1. The van der Waals surface area contributed by atoms with Gasteiger partial charge in [-0.25, -0.2) is 4.98 Å². The van der Waals surface area contributed by atoms with E-state index < -0.39 is 5.92 Å². The Morgan fingerprint density at radius 1 is 1.50 bits per heavy atom. The van der Waals surface area contributed by atoms with E-state index in [0.717, 1.165) is 17.5 Å². The van der Waals surface area contributed by atoms with Crippen LogP contribution in [0.25, 0.3) is 11.5 Å². The highest BCUT2D eigenvalue weighted by molar-refractivity contribution is 7.99. The van der Waals surface area contributed by atoms with Gasteiger partial charge in [0.25, 0.3) is 5.22 Å². The number of carbonyl (C=O) groups excluding carboxylic acids is 1. The zero-order chi connectivity index (χ0) is 16.9. The minimum atomic E-state index is -0.864. The van der Waals surface area contributed by atoms with Crippen molar-refractivity contribution < 1.29 is 9.21 Å². The first kappa shape index (κ1) is 16.3. The van der Waals surface area contributed by atoms with Gasteiger partial charge in [-0.1, -0.05) is 11.8 Å². The summed E-state index contributed by atoms with van der Waals surface area (Å²) in [5, 5.41) is 19.7. The van der Waals surface area contributed by atoms with Crippen LogP contribution in [0.15, 0.2) is 39.5 Å². The van der Waals surface area contributed by atoms with E-state index in [2.05, 4.69) is 20.2 Å². The van der Waals surface area contributed by atoms with Crippen molar-refractivity contribution in [2.24, 2.45) is 0 Å². The van der Waals surface area contributed by atoms with Crippen molar-refractivity contribution in [3.63, 3.8) is 0 Å². The van der Waals surface area contributed by atoms with Gasteiger partial charge >= 0.3 is 0 Å². The molecule has 0 N–H and O–H groups in total. The highest BCUT2D eigenvalue weighted by Crippen LogP contribution is 2.26. The third-order valence-electron chi connectivity index (χ3n) is 2.99. The average Bonchev–Trinajstić information content (AvgIpc) is 3.24. The number of nitrogens with zero attached hydrogens (tertiary/aromatic N) is 5. The second kappa shape index (κ2) is 7.33. The first-order chi connectivity index (χ1) is 11.7. The smallest absolute Gasteiger partial charge is 0.277 e. The van der Waals surface area contributed by atoms with E-state index in [1.54, 1.807) is 24.5 Å². The lowest BCUT2D eigenvalue weighted by molar-refractivity contribution is -0.116. The fraction of sp³-hybridized carbons (Fsp3) is 0.200. The summed E-state index contributed by atoms with van der Waals surface area (Å²) in [4.78, 5) is 20.5. The van der Waals surface area contributed by atoms with Gasteiger partial charge in [-0.15, -0.1) is 21.5 Å². The molecular formula is C15H11N5O2S2. The topological polar surface area (TPSA) is 106 Å². The van der Waals surface area contributed by atoms with Crippen molar-refractivity contribution in [1.82, 2.24) is 20.2 Å². The number of aromatic nitrogens is 4. The van der Waals surface area contributed by atoms with Gasteiger partial charge < -0.3 is 4.42 Å². The van der Waals surface area contributed by atoms with Crippen molar-refractivity contribution >= 4 is 28.9 Å². The van der Waals surface area contributed by atoms with Gasteiger partial charge in [0.2, 0.25) is 5.89 Å². The SMILES string of the molecule is Cc1csc(C(C#N)C(=O)CSc2nnc(-c3cccnc3)o2)n1. The van der Waals surface area contributed by atoms with E-state index in [1.165, 1.54) is 11.3 Å². The first-order valence-corrected chi connectivity index (χ1v) is 8.75. The fourth-order valence-electron chi connectivity index (χ4n) is 1.86. The number of hydrogen-bond donors (Lipinski definition) is 0. The molecule has 9 heteroatoms. The molecule has 0 saturated carbocycles. The number of pyridine rings is 1. The molecule has 0 radical (unpaired) electrons. The molecule has 1 unspecified atom stereocenters. The molecule has 3 aromatic heterocycles. The normalized spacial score (nSPS) is 11.8. The number of rotatable bonds is 6. The summed E-state index contributed by atoms with van der Waals surface area (Å²) in [6.45, 7) is 1.83. The first-order valence-electron chi connectivity index (χ1n) is 6.88. The maximum atomic E-state index is 12.3. The van der Waals surface area contributed by atoms with Crippen LogP contribution in [0.3, 0.4) is 0 Å². The van der Waals surface area contributed by atoms with E-state index >= 15 is 0 Å². The number of thioether (sulfide) groups is 1.